The van der Waals surface area contributed by atoms with Gasteiger partial charge in [-0.2, -0.15) is 0 Å². The number of rotatable bonds is 7. The Hall–Kier alpha value is -2.74. The van der Waals surface area contributed by atoms with Crippen LogP contribution in [-0.2, 0) is 11.3 Å². The standard InChI is InChI=1S/C23H19ClN4OS2/c1-15-22(31-23(26-15)16-7-3-2-4-8-16)19-11-12-21(28-27-19)30-14-20(29)25-13-17-9-5-6-10-18(17)24/h2-12H,13-14H2,1H3,(H,25,29). The summed E-state index contributed by atoms with van der Waals surface area (Å²) in [6.45, 7) is 2.38. The molecule has 0 aliphatic rings. The van der Waals surface area contributed by atoms with Crippen LogP contribution < -0.4 is 5.32 Å². The zero-order valence-corrected chi connectivity index (χ0v) is 19.1. The molecule has 1 amide bonds. The molecule has 156 valence electrons. The van der Waals surface area contributed by atoms with E-state index in [1.807, 2.05) is 73.7 Å². The van der Waals surface area contributed by atoms with E-state index < -0.39 is 0 Å². The maximum atomic E-state index is 12.1. The van der Waals surface area contributed by atoms with E-state index >= 15 is 0 Å². The second-order valence-electron chi connectivity index (χ2n) is 6.71. The highest BCUT2D eigenvalue weighted by Gasteiger charge is 2.13. The van der Waals surface area contributed by atoms with Crippen LogP contribution in [0.4, 0.5) is 0 Å². The quantitative estimate of drug-likeness (QED) is 0.357. The van der Waals surface area contributed by atoms with Gasteiger partial charge in [0.05, 0.1) is 16.3 Å². The van der Waals surface area contributed by atoms with Crippen LogP contribution in [0.1, 0.15) is 11.3 Å². The summed E-state index contributed by atoms with van der Waals surface area (Å²) < 4.78 is 0. The molecule has 5 nitrogen and oxygen atoms in total. The molecule has 2 aromatic carbocycles. The number of thioether (sulfide) groups is 1. The van der Waals surface area contributed by atoms with E-state index in [0.717, 1.165) is 32.4 Å². The summed E-state index contributed by atoms with van der Waals surface area (Å²) in [5, 5.41) is 13.8. The smallest absolute Gasteiger partial charge is 0.230 e. The summed E-state index contributed by atoms with van der Waals surface area (Å²) in [4.78, 5) is 17.8. The van der Waals surface area contributed by atoms with Gasteiger partial charge in [-0.3, -0.25) is 4.79 Å². The first-order valence-electron chi connectivity index (χ1n) is 9.60. The molecule has 1 N–H and O–H groups in total. The first-order valence-corrected chi connectivity index (χ1v) is 11.8. The van der Waals surface area contributed by atoms with Crippen molar-refractivity contribution in [1.82, 2.24) is 20.5 Å². The number of hydrogen-bond donors (Lipinski definition) is 1. The predicted molar refractivity (Wildman–Crippen MR) is 127 cm³/mol. The van der Waals surface area contributed by atoms with E-state index in [2.05, 4.69) is 20.5 Å². The predicted octanol–water partition coefficient (Wildman–Crippen LogP) is 5.64. The van der Waals surface area contributed by atoms with Crippen molar-refractivity contribution in [2.24, 2.45) is 0 Å². The minimum absolute atomic E-state index is 0.0819. The molecule has 0 radical (unpaired) electrons. The molecule has 0 saturated heterocycles. The van der Waals surface area contributed by atoms with E-state index in [1.165, 1.54) is 11.8 Å². The van der Waals surface area contributed by atoms with Gasteiger partial charge < -0.3 is 5.32 Å². The Morgan fingerprint density at radius 2 is 1.81 bits per heavy atom. The van der Waals surface area contributed by atoms with Crippen molar-refractivity contribution in [3.8, 4) is 21.1 Å². The zero-order chi connectivity index (χ0) is 21.6. The molecule has 4 rings (SSSR count). The average Bonchev–Trinajstić information content (AvgIpc) is 3.20. The number of hydrogen-bond acceptors (Lipinski definition) is 6. The summed E-state index contributed by atoms with van der Waals surface area (Å²) in [5.41, 5.74) is 3.69. The van der Waals surface area contributed by atoms with Crippen molar-refractivity contribution < 1.29 is 4.79 Å². The molecule has 0 bridgehead atoms. The van der Waals surface area contributed by atoms with Crippen molar-refractivity contribution >= 4 is 40.6 Å². The molecule has 31 heavy (non-hydrogen) atoms. The van der Waals surface area contributed by atoms with Crippen LogP contribution in [0.15, 0.2) is 71.8 Å². The monoisotopic (exact) mass is 466 g/mol. The topological polar surface area (TPSA) is 67.8 Å². The summed E-state index contributed by atoms with van der Waals surface area (Å²) in [6, 6.07) is 21.4. The Bertz CT molecular complexity index is 1180. The molecule has 0 aliphatic heterocycles. The number of aryl methyl sites for hydroxylation is 1. The zero-order valence-electron chi connectivity index (χ0n) is 16.7. The van der Waals surface area contributed by atoms with Crippen LogP contribution in [0.2, 0.25) is 5.02 Å². The summed E-state index contributed by atoms with van der Waals surface area (Å²) in [6.07, 6.45) is 0. The number of carbonyl (C=O) groups excluding carboxylic acids is 1. The number of thiazole rings is 1. The maximum Gasteiger partial charge on any atom is 0.230 e. The molecule has 0 fully saturated rings. The van der Waals surface area contributed by atoms with E-state index in [4.69, 9.17) is 11.6 Å². The molecule has 2 heterocycles. The third-order valence-electron chi connectivity index (χ3n) is 4.48. The van der Waals surface area contributed by atoms with Gasteiger partial charge in [-0.1, -0.05) is 71.9 Å². The van der Waals surface area contributed by atoms with E-state index in [-0.39, 0.29) is 11.7 Å². The van der Waals surface area contributed by atoms with Gasteiger partial charge in [-0.25, -0.2) is 4.98 Å². The molecule has 4 aromatic rings. The number of carbonyl (C=O) groups is 1. The molecule has 2 aromatic heterocycles. The van der Waals surface area contributed by atoms with E-state index in [0.29, 0.717) is 16.6 Å². The lowest BCUT2D eigenvalue weighted by atomic mass is 10.2. The summed E-state index contributed by atoms with van der Waals surface area (Å²) in [7, 11) is 0. The van der Waals surface area contributed by atoms with Gasteiger partial charge in [-0.05, 0) is 30.7 Å². The number of benzene rings is 2. The highest BCUT2D eigenvalue weighted by molar-refractivity contribution is 7.99. The van der Waals surface area contributed by atoms with Gasteiger partial charge in [0.2, 0.25) is 5.91 Å². The average molecular weight is 467 g/mol. The van der Waals surface area contributed by atoms with Crippen molar-refractivity contribution in [3.05, 3.63) is 83.0 Å². The lowest BCUT2D eigenvalue weighted by Crippen LogP contribution is -2.24. The van der Waals surface area contributed by atoms with Gasteiger partial charge in [0.15, 0.2) is 0 Å². The molecule has 0 spiro atoms. The van der Waals surface area contributed by atoms with Gasteiger partial charge in [0.1, 0.15) is 15.7 Å². The van der Waals surface area contributed by atoms with Crippen molar-refractivity contribution in [2.75, 3.05) is 5.75 Å². The third-order valence-corrected chi connectivity index (χ3v) is 6.99. The molecule has 0 saturated carbocycles. The number of amides is 1. The van der Waals surface area contributed by atoms with Crippen LogP contribution in [0.5, 0.6) is 0 Å². The first-order chi connectivity index (χ1) is 15.1. The number of aromatic nitrogens is 3. The fourth-order valence-electron chi connectivity index (χ4n) is 2.88. The van der Waals surface area contributed by atoms with E-state index in [9.17, 15) is 4.79 Å². The molecular formula is C23H19ClN4OS2. The van der Waals surface area contributed by atoms with Gasteiger partial charge in [-0.15, -0.1) is 21.5 Å². The second kappa shape index (κ2) is 10.0. The minimum Gasteiger partial charge on any atom is -0.351 e. The molecule has 0 atom stereocenters. The lowest BCUT2D eigenvalue weighted by Gasteiger charge is -2.06. The normalized spacial score (nSPS) is 10.8. The number of nitrogens with zero attached hydrogens (tertiary/aromatic N) is 3. The fourth-order valence-corrected chi connectivity index (χ4v) is 4.77. The Morgan fingerprint density at radius 1 is 1.03 bits per heavy atom. The summed E-state index contributed by atoms with van der Waals surface area (Å²) in [5.74, 6) is 0.178. The van der Waals surface area contributed by atoms with E-state index in [1.54, 1.807) is 11.3 Å². The highest BCUT2D eigenvalue weighted by Crippen LogP contribution is 2.34. The maximum absolute atomic E-state index is 12.1. The van der Waals surface area contributed by atoms with Crippen LogP contribution in [0.3, 0.4) is 0 Å². The van der Waals surface area contributed by atoms with Crippen molar-refractivity contribution in [3.63, 3.8) is 0 Å². The third kappa shape index (κ3) is 5.50. The van der Waals surface area contributed by atoms with Crippen LogP contribution in [-0.4, -0.2) is 26.8 Å². The van der Waals surface area contributed by atoms with Gasteiger partial charge in [0, 0.05) is 17.1 Å². The number of nitrogens with one attached hydrogen (secondary N) is 1. The molecule has 0 aliphatic carbocycles. The minimum atomic E-state index is -0.0819. The van der Waals surface area contributed by atoms with Crippen LogP contribution in [0.25, 0.3) is 21.1 Å². The second-order valence-corrected chi connectivity index (χ2v) is 9.12. The lowest BCUT2D eigenvalue weighted by molar-refractivity contribution is -0.118. The van der Waals surface area contributed by atoms with Crippen molar-refractivity contribution in [2.45, 2.75) is 18.5 Å². The van der Waals surface area contributed by atoms with Gasteiger partial charge >= 0.3 is 0 Å². The summed E-state index contributed by atoms with van der Waals surface area (Å²) >= 11 is 9.06. The van der Waals surface area contributed by atoms with Crippen molar-refractivity contribution in [1.29, 1.82) is 0 Å². The highest BCUT2D eigenvalue weighted by atomic mass is 35.5. The molecular weight excluding hydrogens is 448 g/mol. The first kappa shape index (κ1) is 21.5. The van der Waals surface area contributed by atoms with Crippen LogP contribution in [0, 0.1) is 6.92 Å². The molecule has 0 unspecified atom stereocenters. The Kier molecular flexibility index (Phi) is 6.96. The Balaban J connectivity index is 1.35. The SMILES string of the molecule is Cc1nc(-c2ccccc2)sc1-c1ccc(SCC(=O)NCc2ccccc2Cl)nn1. The number of halogens is 1. The Labute approximate surface area is 193 Å². The Morgan fingerprint density at radius 3 is 2.55 bits per heavy atom. The fraction of sp³-hybridized carbons (Fsp3) is 0.130. The van der Waals surface area contributed by atoms with Gasteiger partial charge in [0.25, 0.3) is 0 Å². The van der Waals surface area contributed by atoms with Crippen LogP contribution >= 0.6 is 34.7 Å². The molecule has 8 heteroatoms. The largest absolute Gasteiger partial charge is 0.351 e.